The van der Waals surface area contributed by atoms with E-state index < -0.39 is 17.7 Å². The summed E-state index contributed by atoms with van der Waals surface area (Å²) in [4.78, 5) is 33.3. The fourth-order valence-electron chi connectivity index (χ4n) is 5.62. The predicted molar refractivity (Wildman–Crippen MR) is 141 cm³/mol. The van der Waals surface area contributed by atoms with Crippen LogP contribution in [0.5, 0.6) is 5.88 Å². The lowest BCUT2D eigenvalue weighted by molar-refractivity contribution is -0.141. The van der Waals surface area contributed by atoms with Crippen LogP contribution in [0.4, 0.5) is 8.78 Å². The first-order valence-electron chi connectivity index (χ1n) is 13.1. The number of pyridine rings is 1. The van der Waals surface area contributed by atoms with Crippen LogP contribution in [0.25, 0.3) is 0 Å². The summed E-state index contributed by atoms with van der Waals surface area (Å²) in [6, 6.07) is 10.9. The van der Waals surface area contributed by atoms with E-state index in [1.165, 1.54) is 11.1 Å². The molecule has 2 aromatic rings. The second kappa shape index (κ2) is 11.3. The Morgan fingerprint density at radius 2 is 1.82 bits per heavy atom. The van der Waals surface area contributed by atoms with Gasteiger partial charge in [-0.05, 0) is 48.9 Å². The van der Waals surface area contributed by atoms with Crippen molar-refractivity contribution in [1.29, 1.82) is 5.26 Å². The molecule has 3 unspecified atom stereocenters. The number of carbonyl (C=O) groups is 2. The third-order valence-electron chi connectivity index (χ3n) is 8.01. The number of hydrogen-bond acceptors (Lipinski definition) is 5. The van der Waals surface area contributed by atoms with Crippen LogP contribution in [-0.2, 0) is 9.59 Å². The second-order valence-electron chi connectivity index (χ2n) is 10.5. The topological polar surface area (TPSA) is 86.5 Å². The van der Waals surface area contributed by atoms with Crippen LogP contribution in [0, 0.1) is 29.1 Å². The predicted octanol–water partition coefficient (Wildman–Crippen LogP) is 5.16. The number of aromatic nitrogens is 1. The van der Waals surface area contributed by atoms with E-state index in [-0.39, 0.29) is 30.1 Å². The van der Waals surface area contributed by atoms with E-state index in [4.69, 9.17) is 33.2 Å². The van der Waals surface area contributed by atoms with Crippen LogP contribution < -0.4 is 4.74 Å². The first-order valence-corrected chi connectivity index (χ1v) is 13.8. The molecule has 3 fully saturated rings. The molecule has 0 N–H and O–H groups in total. The summed E-state index contributed by atoms with van der Waals surface area (Å²) in [6.07, 6.45) is 2.68. The molecule has 0 radical (unpaired) electrons. The van der Waals surface area contributed by atoms with Crippen molar-refractivity contribution in [2.75, 3.05) is 32.8 Å². The number of rotatable bonds is 7. The quantitative estimate of drug-likeness (QED) is 0.454. The number of carbonyl (C=O) groups excluding carboxylic acids is 2. The minimum absolute atomic E-state index is 0.0278. The maximum atomic E-state index is 13.5. The van der Waals surface area contributed by atoms with Crippen molar-refractivity contribution in [3.8, 4) is 11.9 Å². The maximum absolute atomic E-state index is 13.5. The summed E-state index contributed by atoms with van der Waals surface area (Å²) < 4.78 is 32.5. The maximum Gasteiger partial charge on any atom is 0.260 e. The van der Waals surface area contributed by atoms with Gasteiger partial charge in [0.1, 0.15) is 12.0 Å². The van der Waals surface area contributed by atoms with Gasteiger partial charge in [-0.25, -0.2) is 13.8 Å². The Labute approximate surface area is 235 Å². The van der Waals surface area contributed by atoms with Gasteiger partial charge >= 0.3 is 0 Å². The van der Waals surface area contributed by atoms with Crippen LogP contribution >= 0.6 is 23.2 Å². The Kier molecular flexibility index (Phi) is 7.97. The molecule has 0 bridgehead atoms. The molecule has 7 nitrogen and oxygen atoms in total. The lowest BCUT2D eigenvalue weighted by Gasteiger charge is -2.33. The largest absolute Gasteiger partial charge is 0.478 e. The van der Waals surface area contributed by atoms with E-state index in [1.807, 2.05) is 23.1 Å². The number of hydrogen-bond donors (Lipinski definition) is 0. The third kappa shape index (κ3) is 6.12. The number of alkyl halides is 2. The molecule has 3 heterocycles. The van der Waals surface area contributed by atoms with Gasteiger partial charge in [0.15, 0.2) is 0 Å². The highest BCUT2D eigenvalue weighted by Gasteiger charge is 2.62. The smallest absolute Gasteiger partial charge is 0.260 e. The van der Waals surface area contributed by atoms with Gasteiger partial charge in [-0.3, -0.25) is 9.59 Å². The number of ether oxygens (including phenoxy) is 1. The summed E-state index contributed by atoms with van der Waals surface area (Å²) in [7, 11) is 0. The lowest BCUT2D eigenvalue weighted by atomic mass is 9.87. The molecular weight excluding hydrogens is 549 g/mol. The summed E-state index contributed by atoms with van der Waals surface area (Å²) in [5, 5.41) is 9.86. The standard InChI is InChI=1S/C28H28Cl2F2N4O3/c29-23-3-2-19(11-24(23)30)21-16-36(15-20(21)7-10-39-25-4-1-17(13-33)14-34-25)26(37)18-5-8-35(9-6-18)27(38)22-12-28(22,31)32/h1-4,11,14,18,20-22H,5-10,12,15-16H2. The van der Waals surface area contributed by atoms with Crippen molar-refractivity contribution in [1.82, 2.24) is 14.8 Å². The molecular formula is C28H28Cl2F2N4O3. The van der Waals surface area contributed by atoms with Crippen LogP contribution in [0.2, 0.25) is 10.0 Å². The van der Waals surface area contributed by atoms with Gasteiger partial charge in [-0.1, -0.05) is 29.3 Å². The molecule has 2 saturated heterocycles. The Balaban J connectivity index is 1.22. The SMILES string of the molecule is N#Cc1ccc(OCCC2CN(C(=O)C3CCN(C(=O)C4CC4(F)F)CC3)CC2c2ccc(Cl)c(Cl)c2)nc1. The Bertz CT molecular complexity index is 1280. The minimum atomic E-state index is -2.88. The molecule has 1 aliphatic carbocycles. The number of nitrogens with zero attached hydrogens (tertiary/aromatic N) is 4. The van der Waals surface area contributed by atoms with Gasteiger partial charge in [0.2, 0.25) is 17.7 Å². The van der Waals surface area contributed by atoms with Crippen molar-refractivity contribution in [3.05, 3.63) is 57.7 Å². The highest BCUT2D eigenvalue weighted by molar-refractivity contribution is 6.42. The van der Waals surface area contributed by atoms with Gasteiger partial charge in [-0.15, -0.1) is 0 Å². The number of likely N-dealkylation sites (tertiary alicyclic amines) is 2. The van der Waals surface area contributed by atoms with Crippen molar-refractivity contribution in [2.24, 2.45) is 17.8 Å². The molecule has 1 aromatic heterocycles. The van der Waals surface area contributed by atoms with Gasteiger partial charge in [0.25, 0.3) is 5.92 Å². The zero-order valence-electron chi connectivity index (χ0n) is 21.2. The molecule has 3 aliphatic rings. The number of benzene rings is 1. The highest BCUT2D eigenvalue weighted by Crippen LogP contribution is 2.50. The van der Waals surface area contributed by atoms with Crippen molar-refractivity contribution < 1.29 is 23.1 Å². The fourth-order valence-corrected chi connectivity index (χ4v) is 5.92. The van der Waals surface area contributed by atoms with Gasteiger partial charge in [-0.2, -0.15) is 5.26 Å². The first kappa shape index (κ1) is 27.6. The lowest BCUT2D eigenvalue weighted by Crippen LogP contribution is -2.44. The van der Waals surface area contributed by atoms with Crippen molar-refractivity contribution >= 4 is 35.0 Å². The summed E-state index contributed by atoms with van der Waals surface area (Å²) >= 11 is 12.4. The van der Waals surface area contributed by atoms with Crippen LogP contribution in [-0.4, -0.2) is 65.3 Å². The zero-order valence-corrected chi connectivity index (χ0v) is 22.7. The summed E-state index contributed by atoms with van der Waals surface area (Å²) in [5.74, 6) is -4.24. The minimum Gasteiger partial charge on any atom is -0.478 e. The summed E-state index contributed by atoms with van der Waals surface area (Å²) in [5.41, 5.74) is 1.44. The van der Waals surface area contributed by atoms with Gasteiger partial charge in [0, 0.05) is 56.7 Å². The molecule has 3 atom stereocenters. The van der Waals surface area contributed by atoms with Crippen LogP contribution in [0.3, 0.4) is 0 Å². The Morgan fingerprint density at radius 1 is 1.08 bits per heavy atom. The van der Waals surface area contributed by atoms with Crippen LogP contribution in [0.15, 0.2) is 36.5 Å². The number of halogens is 4. The van der Waals surface area contributed by atoms with Gasteiger partial charge < -0.3 is 14.5 Å². The summed E-state index contributed by atoms with van der Waals surface area (Å²) in [6.45, 7) is 2.09. The molecule has 2 aliphatic heterocycles. The molecule has 0 spiro atoms. The number of piperidine rings is 1. The Hall–Kier alpha value is -2.96. The average Bonchev–Trinajstić information content (AvgIpc) is 3.38. The average molecular weight is 577 g/mol. The number of nitriles is 1. The van der Waals surface area contributed by atoms with E-state index >= 15 is 0 Å². The van der Waals surface area contributed by atoms with Crippen molar-refractivity contribution in [2.45, 2.75) is 37.5 Å². The third-order valence-corrected chi connectivity index (χ3v) is 8.75. The van der Waals surface area contributed by atoms with E-state index in [0.717, 1.165) is 5.56 Å². The molecule has 206 valence electrons. The fraction of sp³-hybridized carbons (Fsp3) is 0.500. The first-order chi connectivity index (χ1) is 18.7. The monoisotopic (exact) mass is 576 g/mol. The zero-order chi connectivity index (χ0) is 27.7. The molecule has 2 amide bonds. The van der Waals surface area contributed by atoms with E-state index in [9.17, 15) is 18.4 Å². The Morgan fingerprint density at radius 3 is 2.44 bits per heavy atom. The molecule has 1 aromatic carbocycles. The molecule has 5 rings (SSSR count). The molecule has 1 saturated carbocycles. The van der Waals surface area contributed by atoms with Crippen LogP contribution in [0.1, 0.15) is 42.7 Å². The van der Waals surface area contributed by atoms with Crippen molar-refractivity contribution in [3.63, 3.8) is 0 Å². The van der Waals surface area contributed by atoms with Gasteiger partial charge in [0.05, 0.1) is 22.2 Å². The van der Waals surface area contributed by atoms with E-state index in [1.54, 1.807) is 18.2 Å². The molecule has 11 heteroatoms. The van der Waals surface area contributed by atoms with E-state index in [2.05, 4.69) is 4.98 Å². The molecule has 39 heavy (non-hydrogen) atoms. The normalized spacial score (nSPS) is 24.3. The second-order valence-corrected chi connectivity index (χ2v) is 11.3. The van der Waals surface area contributed by atoms with E-state index in [0.29, 0.717) is 73.5 Å². The highest BCUT2D eigenvalue weighted by atomic mass is 35.5. The number of amides is 2.